The molecule has 0 aliphatic heterocycles. The first-order chi connectivity index (χ1) is 49.3. The second-order valence-corrected chi connectivity index (χ2v) is 29.8. The van der Waals surface area contributed by atoms with E-state index in [0.29, 0.717) is 0 Å². The number of benzene rings is 14. The maximum absolute atomic E-state index is 5.04. The Balaban J connectivity index is 0.573. The fourth-order valence-corrected chi connectivity index (χ4v) is 17.9. The third-order valence-electron chi connectivity index (χ3n) is 22.1. The van der Waals surface area contributed by atoms with Crippen LogP contribution >= 0.6 is 23.5 Å². The van der Waals surface area contributed by atoms with E-state index in [1.807, 2.05) is 0 Å². The highest BCUT2D eigenvalue weighted by molar-refractivity contribution is 7.00. The van der Waals surface area contributed by atoms with Gasteiger partial charge in [0.15, 0.2) is 0 Å². The van der Waals surface area contributed by atoms with Crippen molar-refractivity contribution in [1.29, 1.82) is 0 Å². The number of aromatic nitrogens is 4. The Morgan fingerprint density at radius 1 is 0.198 bits per heavy atom. The molecule has 0 spiro atoms. The van der Waals surface area contributed by atoms with Crippen LogP contribution in [0.4, 0.5) is 34.1 Å². The quantitative estimate of drug-likeness (QED) is 0.121. The fourth-order valence-electron chi connectivity index (χ4n) is 16.7. The summed E-state index contributed by atoms with van der Waals surface area (Å²) in [5, 5.41) is 0. The molecule has 2 heterocycles. The van der Waals surface area contributed by atoms with Crippen molar-refractivity contribution in [2.75, 3.05) is 9.80 Å². The second kappa shape index (κ2) is 23.2. The standard InChI is InChI=1S/C93H68N6S2/c1-91(2)81-51-59(57-27-37-69(38-28-57)98(65-19-11-7-12-20-65)66-21-13-8-14-22-66)31-41-75(81)77-43-33-61(53-83(77)91)71-47-49-73(89-87(71)94-100-96-89)63-35-45-79-80-46-36-64(56-86(80)93(5,6)85(79)55-63)74-50-48-72(88-90(74)97-101-95-88)62-34-44-78-76-42-32-60(52-82(76)92(3,4)84(78)54-62)58-29-39-70(40-30-58)99(67-23-15-9-16-24-67)68-25-17-10-18-26-68/h7-56H,1-6H3. The number of hydrogen-bond donors (Lipinski definition) is 0. The summed E-state index contributed by atoms with van der Waals surface area (Å²) in [5.41, 5.74) is 39.1. The Morgan fingerprint density at radius 3 is 0.624 bits per heavy atom. The summed E-state index contributed by atoms with van der Waals surface area (Å²) in [5.74, 6) is 0. The van der Waals surface area contributed by atoms with Gasteiger partial charge in [-0.25, -0.2) is 0 Å². The maximum atomic E-state index is 5.04. The molecule has 0 saturated heterocycles. The summed E-state index contributed by atoms with van der Waals surface area (Å²) in [6.45, 7) is 14.2. The Kier molecular flexibility index (Phi) is 13.9. The lowest BCUT2D eigenvalue weighted by Gasteiger charge is -2.25. The van der Waals surface area contributed by atoms with Crippen molar-refractivity contribution >= 4 is 79.6 Å². The van der Waals surface area contributed by atoms with Gasteiger partial charge in [-0.05, 0) is 220 Å². The first-order valence-corrected chi connectivity index (χ1v) is 36.2. The Labute approximate surface area is 597 Å². The molecule has 482 valence electrons. The lowest BCUT2D eigenvalue weighted by atomic mass is 9.80. The topological polar surface area (TPSA) is 58.0 Å². The van der Waals surface area contributed by atoms with E-state index in [-0.39, 0.29) is 16.2 Å². The summed E-state index contributed by atoms with van der Waals surface area (Å²) in [6, 6.07) is 111. The van der Waals surface area contributed by atoms with Gasteiger partial charge in [-0.1, -0.05) is 236 Å². The molecule has 14 aromatic carbocycles. The largest absolute Gasteiger partial charge is 0.311 e. The van der Waals surface area contributed by atoms with E-state index in [1.165, 1.54) is 112 Å². The van der Waals surface area contributed by atoms with Gasteiger partial charge < -0.3 is 9.80 Å². The molecule has 0 fully saturated rings. The summed E-state index contributed by atoms with van der Waals surface area (Å²) < 4.78 is 20.1. The predicted molar refractivity (Wildman–Crippen MR) is 423 cm³/mol. The molecule has 0 unspecified atom stereocenters. The summed E-state index contributed by atoms with van der Waals surface area (Å²) >= 11 is 2.58. The monoisotopic (exact) mass is 1330 g/mol. The Bertz CT molecular complexity index is 5530. The molecular formula is C93H68N6S2. The number of anilines is 6. The van der Waals surface area contributed by atoms with Gasteiger partial charge in [0.1, 0.15) is 22.1 Å². The Morgan fingerprint density at radius 2 is 0.386 bits per heavy atom. The lowest BCUT2D eigenvalue weighted by Crippen LogP contribution is -2.15. The minimum absolute atomic E-state index is 0.228. The maximum Gasteiger partial charge on any atom is 0.113 e. The number of nitrogens with zero attached hydrogens (tertiary/aromatic N) is 6. The first-order valence-electron chi connectivity index (χ1n) is 34.8. The molecular weight excluding hydrogens is 1270 g/mol. The number of fused-ring (bicyclic) bond motifs is 11. The molecule has 16 aromatic rings. The average molecular weight is 1330 g/mol. The van der Waals surface area contributed by atoms with Crippen LogP contribution in [0.1, 0.15) is 74.9 Å². The van der Waals surface area contributed by atoms with E-state index in [4.69, 9.17) is 17.5 Å². The molecule has 0 N–H and O–H groups in total. The molecule has 3 aliphatic rings. The molecule has 0 radical (unpaired) electrons. The van der Waals surface area contributed by atoms with E-state index in [9.17, 15) is 0 Å². The third-order valence-corrected chi connectivity index (χ3v) is 23.1. The second-order valence-electron chi connectivity index (χ2n) is 28.8. The van der Waals surface area contributed by atoms with Crippen molar-refractivity contribution in [3.63, 3.8) is 0 Å². The number of hydrogen-bond acceptors (Lipinski definition) is 8. The summed E-state index contributed by atoms with van der Waals surface area (Å²) in [6.07, 6.45) is 0. The van der Waals surface area contributed by atoms with Crippen LogP contribution in [-0.2, 0) is 16.2 Å². The van der Waals surface area contributed by atoms with Gasteiger partial charge in [-0.3, -0.25) is 0 Å². The van der Waals surface area contributed by atoms with Crippen LogP contribution in [0.5, 0.6) is 0 Å². The molecule has 101 heavy (non-hydrogen) atoms. The number of rotatable bonds is 12. The van der Waals surface area contributed by atoms with Crippen molar-refractivity contribution in [3.8, 4) is 100 Å². The van der Waals surface area contributed by atoms with Gasteiger partial charge in [0.25, 0.3) is 0 Å². The van der Waals surface area contributed by atoms with Crippen molar-refractivity contribution in [2.24, 2.45) is 0 Å². The predicted octanol–water partition coefficient (Wildman–Crippen LogP) is 25.6. The molecule has 0 saturated carbocycles. The van der Waals surface area contributed by atoms with Gasteiger partial charge >= 0.3 is 0 Å². The van der Waals surface area contributed by atoms with Gasteiger partial charge in [-0.15, -0.1) is 0 Å². The molecule has 0 atom stereocenters. The zero-order valence-corrected chi connectivity index (χ0v) is 58.5. The highest BCUT2D eigenvalue weighted by Crippen LogP contribution is 2.56. The van der Waals surface area contributed by atoms with Crippen LogP contribution in [-0.4, -0.2) is 17.5 Å². The van der Waals surface area contributed by atoms with Crippen LogP contribution in [0, 0.1) is 0 Å². The minimum Gasteiger partial charge on any atom is -0.311 e. The SMILES string of the molecule is CC1(C)c2cc(-c3ccc(N(c4ccccc4)c4ccccc4)cc3)ccc2-c2ccc(-c3ccc(-c4ccc5c(c4)C(C)(C)c4cc(-c6ccc(-c7ccc8c(c7)C(C)(C)c7cc(-c9ccc(N(c%10ccccc%10)c%10ccccc%10)cc9)ccc7-8)c7nsnc67)ccc4-5)c4nsnc34)cc21. The van der Waals surface area contributed by atoms with Crippen LogP contribution in [0.15, 0.2) is 303 Å². The molecule has 8 heteroatoms. The molecule has 2 aromatic heterocycles. The van der Waals surface area contributed by atoms with E-state index in [0.717, 1.165) is 101 Å². The molecule has 3 aliphatic carbocycles. The summed E-state index contributed by atoms with van der Waals surface area (Å²) in [4.78, 5) is 4.62. The first kappa shape index (κ1) is 60.5. The molecule has 0 amide bonds. The molecule has 0 bridgehead atoms. The van der Waals surface area contributed by atoms with Gasteiger partial charge in [-0.2, -0.15) is 17.5 Å². The number of para-hydroxylation sites is 4. The minimum atomic E-state index is -0.282. The third kappa shape index (κ3) is 9.71. The lowest BCUT2D eigenvalue weighted by molar-refractivity contribution is 0.660. The smallest absolute Gasteiger partial charge is 0.113 e. The zero-order valence-electron chi connectivity index (χ0n) is 56.9. The summed E-state index contributed by atoms with van der Waals surface area (Å²) in [7, 11) is 0. The normalized spacial score (nSPS) is 13.9. The Hall–Kier alpha value is -11.7. The zero-order chi connectivity index (χ0) is 67.9. The van der Waals surface area contributed by atoms with Gasteiger partial charge in [0.05, 0.1) is 23.5 Å². The van der Waals surface area contributed by atoms with E-state index in [1.54, 1.807) is 0 Å². The molecule has 19 rings (SSSR count). The van der Waals surface area contributed by atoms with Crippen LogP contribution in [0.3, 0.4) is 0 Å². The van der Waals surface area contributed by atoms with E-state index < -0.39 is 0 Å². The van der Waals surface area contributed by atoms with Crippen LogP contribution < -0.4 is 9.80 Å². The average Bonchev–Trinajstić information content (AvgIpc) is 1.59. The van der Waals surface area contributed by atoms with Crippen molar-refractivity contribution < 1.29 is 0 Å². The van der Waals surface area contributed by atoms with E-state index in [2.05, 4.69) is 355 Å². The van der Waals surface area contributed by atoms with Crippen LogP contribution in [0.2, 0.25) is 0 Å². The van der Waals surface area contributed by atoms with Crippen molar-refractivity contribution in [3.05, 3.63) is 337 Å². The van der Waals surface area contributed by atoms with Crippen LogP contribution in [0.25, 0.3) is 122 Å². The fraction of sp³-hybridized carbons (Fsp3) is 0.0968. The highest BCUT2D eigenvalue weighted by atomic mass is 32.1. The molecule has 6 nitrogen and oxygen atoms in total. The van der Waals surface area contributed by atoms with Crippen molar-refractivity contribution in [2.45, 2.75) is 57.8 Å². The van der Waals surface area contributed by atoms with E-state index >= 15 is 0 Å². The van der Waals surface area contributed by atoms with Gasteiger partial charge in [0, 0.05) is 72.6 Å². The van der Waals surface area contributed by atoms with Crippen molar-refractivity contribution in [1.82, 2.24) is 17.5 Å². The van der Waals surface area contributed by atoms with Gasteiger partial charge in [0.2, 0.25) is 0 Å². The highest BCUT2D eigenvalue weighted by Gasteiger charge is 2.40.